The maximum Gasteiger partial charge on any atom is 0.415 e. The monoisotopic (exact) mass is 378 g/mol. The summed E-state index contributed by atoms with van der Waals surface area (Å²) in [6, 6.07) is 10.8. The zero-order valence-corrected chi connectivity index (χ0v) is 16.8. The second kappa shape index (κ2) is 8.30. The first-order chi connectivity index (χ1) is 13.4. The Morgan fingerprint density at radius 3 is 2.39 bits per heavy atom. The quantitative estimate of drug-likeness (QED) is 0.792. The molecule has 0 aromatic heterocycles. The van der Waals surface area contributed by atoms with E-state index in [0.717, 1.165) is 23.2 Å². The number of rotatable bonds is 5. The third kappa shape index (κ3) is 4.09. The van der Waals surface area contributed by atoms with Crippen LogP contribution < -0.4 is 10.1 Å². The first kappa shape index (κ1) is 19.7. The predicted molar refractivity (Wildman–Crippen MR) is 112 cm³/mol. The van der Waals surface area contributed by atoms with Gasteiger partial charge in [-0.25, -0.2) is 4.79 Å². The fraction of sp³-hybridized carbons (Fsp3) is 0.304. The highest BCUT2D eigenvalue weighted by molar-refractivity contribution is 6.05. The van der Waals surface area contributed by atoms with Crippen molar-refractivity contribution in [2.45, 2.75) is 34.1 Å². The second-order valence-electron chi connectivity index (χ2n) is 6.95. The number of hydrogen-bond acceptors (Lipinski definition) is 3. The number of aryl methyl sites for hydroxylation is 1. The highest BCUT2D eigenvalue weighted by Gasteiger charge is 2.18. The van der Waals surface area contributed by atoms with Crippen molar-refractivity contribution in [1.29, 1.82) is 0 Å². The van der Waals surface area contributed by atoms with Gasteiger partial charge in [0.1, 0.15) is 5.75 Å². The topological polar surface area (TPSA) is 58.6 Å². The van der Waals surface area contributed by atoms with Gasteiger partial charge in [0.2, 0.25) is 0 Å². The van der Waals surface area contributed by atoms with Gasteiger partial charge in [-0.05, 0) is 86.7 Å². The van der Waals surface area contributed by atoms with Crippen LogP contribution in [0.3, 0.4) is 0 Å². The van der Waals surface area contributed by atoms with Gasteiger partial charge in [0.25, 0.3) is 5.91 Å². The summed E-state index contributed by atoms with van der Waals surface area (Å²) in [4.78, 5) is 26.3. The lowest BCUT2D eigenvalue weighted by atomic mass is 10.0. The Hall–Kier alpha value is -3.08. The largest absolute Gasteiger partial charge is 0.415 e. The Labute approximate surface area is 166 Å². The number of fused-ring (bicyclic) bond motifs is 1. The van der Waals surface area contributed by atoms with Gasteiger partial charge >= 0.3 is 6.09 Å². The van der Waals surface area contributed by atoms with E-state index >= 15 is 0 Å². The molecule has 2 amide bonds. The zero-order chi connectivity index (χ0) is 20.3. The zero-order valence-electron chi connectivity index (χ0n) is 16.8. The molecule has 1 N–H and O–H groups in total. The predicted octanol–water partition coefficient (Wildman–Crippen LogP) is 5.05. The van der Waals surface area contributed by atoms with E-state index in [4.69, 9.17) is 4.74 Å². The maximum absolute atomic E-state index is 12.7. The summed E-state index contributed by atoms with van der Waals surface area (Å²) in [5.74, 6) is 0.240. The highest BCUT2D eigenvalue weighted by atomic mass is 16.6. The molecule has 5 nitrogen and oxygen atoms in total. The summed E-state index contributed by atoms with van der Waals surface area (Å²) in [6.45, 7) is 9.10. The van der Waals surface area contributed by atoms with Gasteiger partial charge in [-0.15, -0.1) is 0 Å². The number of nitrogens with one attached hydrogen (secondary N) is 1. The Morgan fingerprint density at radius 2 is 1.75 bits per heavy atom. The van der Waals surface area contributed by atoms with E-state index in [9.17, 15) is 9.59 Å². The van der Waals surface area contributed by atoms with Crippen LogP contribution in [0.1, 0.15) is 47.8 Å². The fourth-order valence-electron chi connectivity index (χ4n) is 3.38. The van der Waals surface area contributed by atoms with Crippen LogP contribution in [-0.4, -0.2) is 30.0 Å². The molecule has 0 saturated carbocycles. The van der Waals surface area contributed by atoms with Crippen LogP contribution >= 0.6 is 0 Å². The molecule has 0 aliphatic heterocycles. The highest BCUT2D eigenvalue weighted by Crippen LogP contribution is 2.34. The molecule has 28 heavy (non-hydrogen) atoms. The van der Waals surface area contributed by atoms with Gasteiger partial charge < -0.3 is 15.0 Å². The van der Waals surface area contributed by atoms with E-state index in [2.05, 4.69) is 24.4 Å². The van der Waals surface area contributed by atoms with Crippen molar-refractivity contribution >= 4 is 23.3 Å². The van der Waals surface area contributed by atoms with E-state index in [1.54, 1.807) is 29.2 Å². The molecular weight excluding hydrogens is 352 g/mol. The minimum absolute atomic E-state index is 0.182. The van der Waals surface area contributed by atoms with Gasteiger partial charge in [0, 0.05) is 24.3 Å². The van der Waals surface area contributed by atoms with Gasteiger partial charge in [0.15, 0.2) is 0 Å². The SMILES string of the molecule is CCN(CC)C(=O)Oc1ccc(C(=O)Nc2cc(C)cc3c2CC=C3C)cc1. The number of nitrogens with zero attached hydrogens (tertiary/aromatic N) is 1. The number of carbonyl (C=O) groups is 2. The average Bonchev–Trinajstić information content (AvgIpc) is 3.04. The van der Waals surface area contributed by atoms with Gasteiger partial charge in [0.05, 0.1) is 0 Å². The van der Waals surface area contributed by atoms with Gasteiger partial charge in [-0.3, -0.25) is 4.79 Å². The van der Waals surface area contributed by atoms with E-state index < -0.39 is 0 Å². The summed E-state index contributed by atoms with van der Waals surface area (Å²) < 4.78 is 5.35. The van der Waals surface area contributed by atoms with Crippen LogP contribution in [0.15, 0.2) is 42.5 Å². The molecular formula is C23H26N2O3. The average molecular weight is 378 g/mol. The van der Waals surface area contributed by atoms with Crippen LogP contribution in [0.5, 0.6) is 5.75 Å². The number of benzene rings is 2. The number of carbonyl (C=O) groups excluding carboxylic acids is 2. The van der Waals surface area contributed by atoms with Crippen LogP contribution in [-0.2, 0) is 6.42 Å². The second-order valence-corrected chi connectivity index (χ2v) is 6.95. The molecule has 0 unspecified atom stereocenters. The molecule has 146 valence electrons. The Bertz CT molecular complexity index is 926. The summed E-state index contributed by atoms with van der Waals surface area (Å²) in [5.41, 5.74) is 6.08. The van der Waals surface area contributed by atoms with Crippen molar-refractivity contribution in [3.8, 4) is 5.75 Å². The molecule has 0 bridgehead atoms. The Kier molecular flexibility index (Phi) is 5.83. The number of anilines is 1. The molecule has 0 fully saturated rings. The summed E-state index contributed by atoms with van der Waals surface area (Å²) in [7, 11) is 0. The number of allylic oxidation sites excluding steroid dienone is 2. The van der Waals surface area contributed by atoms with Crippen molar-refractivity contribution in [3.05, 3.63) is 64.7 Å². The Balaban J connectivity index is 1.71. The lowest BCUT2D eigenvalue weighted by molar-refractivity contribution is 0.102. The van der Waals surface area contributed by atoms with E-state index in [0.29, 0.717) is 24.4 Å². The number of hydrogen-bond donors (Lipinski definition) is 1. The van der Waals surface area contributed by atoms with Gasteiger partial charge in [-0.1, -0.05) is 12.1 Å². The molecule has 0 radical (unpaired) electrons. The normalized spacial score (nSPS) is 12.2. The standard InChI is InChI=1S/C23H26N2O3/c1-5-25(6-2)23(27)28-18-10-8-17(9-11-18)22(26)24-21-14-15(3)13-20-16(4)7-12-19(20)21/h7-11,13-14H,5-6,12H2,1-4H3,(H,24,26). The minimum Gasteiger partial charge on any atom is -0.410 e. The lowest BCUT2D eigenvalue weighted by Crippen LogP contribution is -2.33. The van der Waals surface area contributed by atoms with Crippen molar-refractivity contribution < 1.29 is 14.3 Å². The Morgan fingerprint density at radius 1 is 1.07 bits per heavy atom. The molecule has 2 aromatic rings. The fourth-order valence-corrected chi connectivity index (χ4v) is 3.38. The number of amides is 2. The van der Waals surface area contributed by atoms with Crippen LogP contribution in [0.25, 0.3) is 5.57 Å². The lowest BCUT2D eigenvalue weighted by Gasteiger charge is -2.18. The smallest absolute Gasteiger partial charge is 0.410 e. The van der Waals surface area contributed by atoms with Crippen molar-refractivity contribution in [2.75, 3.05) is 18.4 Å². The van der Waals surface area contributed by atoms with Crippen molar-refractivity contribution in [3.63, 3.8) is 0 Å². The molecule has 0 atom stereocenters. The minimum atomic E-state index is -0.389. The summed E-state index contributed by atoms with van der Waals surface area (Å²) >= 11 is 0. The van der Waals surface area contributed by atoms with Crippen LogP contribution in [0, 0.1) is 6.92 Å². The summed E-state index contributed by atoms with van der Waals surface area (Å²) in [5, 5.41) is 3.03. The molecule has 5 heteroatoms. The molecule has 1 aliphatic carbocycles. The molecule has 2 aromatic carbocycles. The molecule has 0 spiro atoms. The van der Waals surface area contributed by atoms with E-state index in [1.165, 1.54) is 11.1 Å². The van der Waals surface area contributed by atoms with Crippen LogP contribution in [0.2, 0.25) is 0 Å². The molecule has 0 saturated heterocycles. The number of ether oxygens (including phenoxy) is 1. The maximum atomic E-state index is 12.7. The van der Waals surface area contributed by atoms with Crippen molar-refractivity contribution in [2.24, 2.45) is 0 Å². The molecule has 0 heterocycles. The van der Waals surface area contributed by atoms with E-state index in [1.807, 2.05) is 26.8 Å². The van der Waals surface area contributed by atoms with Gasteiger partial charge in [-0.2, -0.15) is 0 Å². The van der Waals surface area contributed by atoms with Crippen LogP contribution in [0.4, 0.5) is 10.5 Å². The molecule has 3 rings (SSSR count). The first-order valence-corrected chi connectivity index (χ1v) is 9.61. The third-order valence-electron chi connectivity index (χ3n) is 5.02. The van der Waals surface area contributed by atoms with E-state index in [-0.39, 0.29) is 12.0 Å². The summed E-state index contributed by atoms with van der Waals surface area (Å²) in [6.07, 6.45) is 2.62. The first-order valence-electron chi connectivity index (χ1n) is 9.61. The third-order valence-corrected chi connectivity index (χ3v) is 5.02. The molecule has 1 aliphatic rings. The van der Waals surface area contributed by atoms with Crippen molar-refractivity contribution in [1.82, 2.24) is 4.90 Å².